The molecule has 0 aliphatic heterocycles. The van der Waals surface area contributed by atoms with Crippen LogP contribution in [0.3, 0.4) is 0 Å². The first kappa shape index (κ1) is 23.8. The summed E-state index contributed by atoms with van der Waals surface area (Å²) < 4.78 is 0. The molecular formula is C25H29ClN2O4. The van der Waals surface area contributed by atoms with E-state index >= 15 is 0 Å². The molecule has 3 rings (SSSR count). The number of benzene rings is 2. The fourth-order valence-corrected chi connectivity index (χ4v) is 4.31. The number of rotatable bonds is 8. The summed E-state index contributed by atoms with van der Waals surface area (Å²) in [6, 6.07) is 12.7. The van der Waals surface area contributed by atoms with Crippen LogP contribution in [0.1, 0.15) is 69.9 Å². The Morgan fingerprint density at radius 3 is 2.03 bits per heavy atom. The molecule has 1 saturated carbocycles. The van der Waals surface area contributed by atoms with Crippen molar-refractivity contribution < 1.29 is 19.5 Å². The molecule has 0 bridgehead atoms. The van der Waals surface area contributed by atoms with Crippen LogP contribution in [-0.2, 0) is 4.79 Å². The van der Waals surface area contributed by atoms with Gasteiger partial charge in [-0.1, -0.05) is 23.7 Å². The van der Waals surface area contributed by atoms with E-state index in [0.29, 0.717) is 35.2 Å². The Balaban J connectivity index is 1.41. The highest BCUT2D eigenvalue weighted by molar-refractivity contribution is 6.31. The van der Waals surface area contributed by atoms with Crippen LogP contribution < -0.4 is 10.6 Å². The highest BCUT2D eigenvalue weighted by Crippen LogP contribution is 2.37. The van der Waals surface area contributed by atoms with Gasteiger partial charge in [-0.15, -0.1) is 0 Å². The van der Waals surface area contributed by atoms with E-state index in [1.54, 1.807) is 18.2 Å². The van der Waals surface area contributed by atoms with E-state index in [-0.39, 0.29) is 24.2 Å². The number of carbonyl (C=O) groups is 3. The van der Waals surface area contributed by atoms with Crippen LogP contribution in [0.5, 0.6) is 0 Å². The minimum absolute atomic E-state index is 0.182. The Bertz CT molecular complexity index is 966. The molecule has 3 N–H and O–H groups in total. The summed E-state index contributed by atoms with van der Waals surface area (Å²) in [4.78, 5) is 35.4. The van der Waals surface area contributed by atoms with E-state index in [1.807, 2.05) is 31.2 Å². The van der Waals surface area contributed by atoms with Crippen molar-refractivity contribution >= 4 is 29.4 Å². The fourth-order valence-electron chi connectivity index (χ4n) is 4.20. The standard InChI is InChI=1S/C25H29ClN2O4/c1-16-14-21(10-11-22(16)26)25(32)28-13-12-27-24(31)20-8-6-19(7-9-20)18-4-2-17(3-5-18)15-23(29)30/h6-11,14,17-18H,2-5,12-13,15H2,1H3,(H,27,31)(H,28,32)(H,29,30)/t17-,18-. The number of nitrogens with one attached hydrogen (secondary N) is 2. The molecule has 0 aromatic heterocycles. The summed E-state index contributed by atoms with van der Waals surface area (Å²) in [5.74, 6) is -0.412. The molecule has 1 fully saturated rings. The van der Waals surface area contributed by atoms with Crippen molar-refractivity contribution in [3.8, 4) is 0 Å². The molecule has 32 heavy (non-hydrogen) atoms. The minimum Gasteiger partial charge on any atom is -0.481 e. The number of carboxylic acids is 1. The summed E-state index contributed by atoms with van der Waals surface area (Å²) >= 11 is 5.98. The monoisotopic (exact) mass is 456 g/mol. The van der Waals surface area contributed by atoms with Crippen LogP contribution >= 0.6 is 11.6 Å². The highest BCUT2D eigenvalue weighted by atomic mass is 35.5. The Morgan fingerprint density at radius 1 is 0.906 bits per heavy atom. The second-order valence-corrected chi connectivity index (χ2v) is 8.82. The first-order valence-electron chi connectivity index (χ1n) is 11.0. The average Bonchev–Trinajstić information content (AvgIpc) is 2.78. The van der Waals surface area contributed by atoms with Crippen LogP contribution in [0, 0.1) is 12.8 Å². The van der Waals surface area contributed by atoms with Gasteiger partial charge in [0.25, 0.3) is 11.8 Å². The van der Waals surface area contributed by atoms with Gasteiger partial charge in [0.15, 0.2) is 0 Å². The van der Waals surface area contributed by atoms with Crippen LogP contribution in [-0.4, -0.2) is 36.0 Å². The number of aliphatic carboxylic acids is 1. The lowest BCUT2D eigenvalue weighted by atomic mass is 9.77. The fraction of sp³-hybridized carbons (Fsp3) is 0.400. The minimum atomic E-state index is -0.719. The maximum Gasteiger partial charge on any atom is 0.303 e. The van der Waals surface area contributed by atoms with E-state index in [0.717, 1.165) is 31.2 Å². The number of hydrogen-bond acceptors (Lipinski definition) is 3. The normalized spacial score (nSPS) is 18.1. The molecule has 0 atom stereocenters. The number of carbonyl (C=O) groups excluding carboxylic acids is 2. The van der Waals surface area contributed by atoms with Gasteiger partial charge in [-0.25, -0.2) is 0 Å². The summed E-state index contributed by atoms with van der Waals surface area (Å²) in [5, 5.41) is 15.2. The molecule has 2 aromatic rings. The Hall–Kier alpha value is -2.86. The maximum atomic E-state index is 12.4. The Morgan fingerprint density at radius 2 is 1.47 bits per heavy atom. The Labute approximate surface area is 193 Å². The zero-order valence-electron chi connectivity index (χ0n) is 18.2. The summed E-state index contributed by atoms with van der Waals surface area (Å²) in [6.07, 6.45) is 4.08. The van der Waals surface area contributed by atoms with Crippen molar-refractivity contribution in [3.05, 3.63) is 69.7 Å². The van der Waals surface area contributed by atoms with Gasteiger partial charge >= 0.3 is 5.97 Å². The molecule has 0 saturated heterocycles. The van der Waals surface area contributed by atoms with Gasteiger partial charge < -0.3 is 15.7 Å². The first-order chi connectivity index (χ1) is 15.3. The lowest BCUT2D eigenvalue weighted by Gasteiger charge is -2.28. The van der Waals surface area contributed by atoms with Crippen LogP contribution in [0.2, 0.25) is 5.02 Å². The molecule has 0 heterocycles. The summed E-state index contributed by atoms with van der Waals surface area (Å²) in [5.41, 5.74) is 3.14. The van der Waals surface area contributed by atoms with E-state index in [4.69, 9.17) is 16.7 Å². The van der Waals surface area contributed by atoms with Crippen molar-refractivity contribution in [1.82, 2.24) is 10.6 Å². The molecule has 0 radical (unpaired) electrons. The molecular weight excluding hydrogens is 428 g/mol. The lowest BCUT2D eigenvalue weighted by molar-refractivity contribution is -0.138. The zero-order valence-corrected chi connectivity index (χ0v) is 19.0. The van der Waals surface area contributed by atoms with Crippen molar-refractivity contribution in [3.63, 3.8) is 0 Å². The van der Waals surface area contributed by atoms with Gasteiger partial charge in [0.2, 0.25) is 0 Å². The summed E-state index contributed by atoms with van der Waals surface area (Å²) in [7, 11) is 0. The van der Waals surface area contributed by atoms with E-state index < -0.39 is 5.97 Å². The third-order valence-electron chi connectivity index (χ3n) is 6.07. The first-order valence-corrected chi connectivity index (χ1v) is 11.4. The van der Waals surface area contributed by atoms with Gasteiger partial charge in [0.05, 0.1) is 0 Å². The van der Waals surface area contributed by atoms with Crippen LogP contribution in [0.4, 0.5) is 0 Å². The third kappa shape index (κ3) is 6.57. The maximum absolute atomic E-state index is 12.4. The third-order valence-corrected chi connectivity index (χ3v) is 6.49. The molecule has 0 unspecified atom stereocenters. The number of halogens is 1. The smallest absolute Gasteiger partial charge is 0.303 e. The number of amides is 2. The molecule has 1 aliphatic carbocycles. The molecule has 2 aromatic carbocycles. The predicted molar refractivity (Wildman–Crippen MR) is 124 cm³/mol. The quantitative estimate of drug-likeness (QED) is 0.507. The molecule has 170 valence electrons. The molecule has 0 spiro atoms. The van der Waals surface area contributed by atoms with Gasteiger partial charge in [0, 0.05) is 35.7 Å². The van der Waals surface area contributed by atoms with Crippen LogP contribution in [0.15, 0.2) is 42.5 Å². The van der Waals surface area contributed by atoms with E-state index in [2.05, 4.69) is 10.6 Å². The van der Waals surface area contributed by atoms with Gasteiger partial charge in [-0.05, 0) is 85.9 Å². The molecule has 1 aliphatic rings. The predicted octanol–water partition coefficient (Wildman–Crippen LogP) is 4.56. The SMILES string of the molecule is Cc1cc(C(=O)NCCNC(=O)c2ccc([C@H]3CC[C@H](CC(=O)O)CC3)cc2)ccc1Cl. The molecule has 6 nitrogen and oxygen atoms in total. The average molecular weight is 457 g/mol. The molecule has 7 heteroatoms. The van der Waals surface area contributed by atoms with Crippen molar-refractivity contribution in [2.75, 3.05) is 13.1 Å². The number of aryl methyl sites for hydroxylation is 1. The van der Waals surface area contributed by atoms with E-state index in [9.17, 15) is 14.4 Å². The lowest BCUT2D eigenvalue weighted by Crippen LogP contribution is -2.34. The van der Waals surface area contributed by atoms with Gasteiger partial charge in [0.1, 0.15) is 0 Å². The zero-order chi connectivity index (χ0) is 23.1. The van der Waals surface area contributed by atoms with Crippen LogP contribution in [0.25, 0.3) is 0 Å². The van der Waals surface area contributed by atoms with Gasteiger partial charge in [-0.3, -0.25) is 14.4 Å². The second-order valence-electron chi connectivity index (χ2n) is 8.41. The van der Waals surface area contributed by atoms with Crippen molar-refractivity contribution in [2.24, 2.45) is 5.92 Å². The van der Waals surface area contributed by atoms with E-state index in [1.165, 1.54) is 5.56 Å². The number of carboxylic acid groups (broad SMARTS) is 1. The molecule has 2 amide bonds. The topological polar surface area (TPSA) is 95.5 Å². The second kappa shape index (κ2) is 11.1. The van der Waals surface area contributed by atoms with Crippen molar-refractivity contribution in [1.29, 1.82) is 0 Å². The summed E-state index contributed by atoms with van der Waals surface area (Å²) in [6.45, 7) is 2.49. The number of hydrogen-bond donors (Lipinski definition) is 3. The highest BCUT2D eigenvalue weighted by Gasteiger charge is 2.24. The van der Waals surface area contributed by atoms with Gasteiger partial charge in [-0.2, -0.15) is 0 Å². The largest absolute Gasteiger partial charge is 0.481 e. The Kier molecular flexibility index (Phi) is 8.28. The van der Waals surface area contributed by atoms with Crippen molar-refractivity contribution in [2.45, 2.75) is 44.9 Å².